The van der Waals surface area contributed by atoms with E-state index in [0.717, 1.165) is 0 Å². The summed E-state index contributed by atoms with van der Waals surface area (Å²) in [4.78, 5) is 0. The van der Waals surface area contributed by atoms with Gasteiger partial charge in [0.2, 0.25) is 0 Å². The van der Waals surface area contributed by atoms with Crippen molar-refractivity contribution in [2.45, 2.75) is 0 Å². The minimum Gasteiger partial charge on any atom is -0.358 e. The van der Waals surface area contributed by atoms with Crippen molar-refractivity contribution in [3.63, 3.8) is 0 Å². The molecule has 0 aliphatic carbocycles. The Bertz CT molecular complexity index is 3.90. The summed E-state index contributed by atoms with van der Waals surface area (Å²) < 4.78 is 0. The van der Waals surface area contributed by atoms with E-state index in [-0.39, 0.29) is 53.9 Å². The van der Waals surface area contributed by atoms with Crippen LogP contribution in [0.3, 0.4) is 0 Å². The first kappa shape index (κ1) is 769. The molecule has 0 aliphatic heterocycles. The maximum atomic E-state index is 0. The van der Waals surface area contributed by atoms with Crippen molar-refractivity contribution >= 4 is 0 Å². The largest absolute Gasteiger partial charge is 0.358 e. The predicted molar refractivity (Wildman–Crippen MR) is 32.1 cm³/mol. The third-order valence-corrected chi connectivity index (χ3v) is 0. The van der Waals surface area contributed by atoms with Gasteiger partial charge in [0.05, 0.1) is 0 Å². The van der Waals surface area contributed by atoms with Crippen molar-refractivity contribution in [2.75, 3.05) is 0 Å². The molecule has 49 valence electrons. The van der Waals surface area contributed by atoms with Crippen molar-refractivity contribution in [3.8, 4) is 0 Å². The molecule has 0 aromatic rings. The molecule has 1 heteroatoms. The first-order chi connectivity index (χ1) is 0. The molecule has 0 rings (SSSR count). The van der Waals surface area contributed by atoms with Gasteiger partial charge in [-0.25, -0.2) is 0 Å². The van der Waals surface area contributed by atoms with E-state index in [2.05, 4.69) is 0 Å². The molecule has 1 radical (unpaired) electrons. The van der Waals surface area contributed by atoms with Gasteiger partial charge in [-0.3, -0.25) is 0 Å². The number of rotatable bonds is 0. The summed E-state index contributed by atoms with van der Waals surface area (Å²) in [5.41, 5.74) is 0. The minimum absolute atomic E-state index is 0. The van der Waals surface area contributed by atoms with E-state index in [1.54, 1.807) is 0 Å². The zero-order valence-electron chi connectivity index (χ0n) is 5.33. The Morgan fingerprint density at radius 3 is 0.333 bits per heavy atom. The fourth-order valence-electron chi connectivity index (χ4n) is 0. The zero-order valence-corrected chi connectivity index (χ0v) is 6.37. The van der Waals surface area contributed by atoms with Crippen LogP contribution in [0.2, 0.25) is 0 Å². The zero-order chi connectivity index (χ0) is 0. The predicted octanol–water partition coefficient (Wildman–Crippen LogP) is 2.25. The summed E-state index contributed by atoms with van der Waals surface area (Å²) in [6, 6.07) is 0. The van der Waals surface area contributed by atoms with E-state index in [1.807, 2.05) is 0 Å². The first-order valence-electron chi connectivity index (χ1n) is 0. The van der Waals surface area contributed by atoms with Crippen molar-refractivity contribution in [3.05, 3.63) is 37.1 Å². The van der Waals surface area contributed by atoms with Crippen LogP contribution in [0, 0.1) is 37.1 Å². The standard InChI is InChI=1S/5CH3.Co/h5*1H3;/q5*-1;. The smallest absolute Gasteiger partial charge is 0 e. The first-order valence-corrected chi connectivity index (χ1v) is 0. The van der Waals surface area contributed by atoms with Crippen LogP contribution in [0.4, 0.5) is 0 Å². The van der Waals surface area contributed by atoms with Crippen LogP contribution in [-0.2, 0) is 16.8 Å². The SMILES string of the molecule is [CH3-].[CH3-].[CH3-].[CH3-].[CH3-].[Co]. The molecule has 0 fully saturated rings. The van der Waals surface area contributed by atoms with Crippen LogP contribution in [0.15, 0.2) is 0 Å². The van der Waals surface area contributed by atoms with Gasteiger partial charge >= 0.3 is 0 Å². The van der Waals surface area contributed by atoms with Gasteiger partial charge in [-0.15, -0.1) is 0 Å². The molecule has 0 unspecified atom stereocenters. The van der Waals surface area contributed by atoms with Crippen molar-refractivity contribution in [1.29, 1.82) is 0 Å². The molecule has 0 aromatic carbocycles. The van der Waals surface area contributed by atoms with E-state index >= 15 is 0 Å². The Morgan fingerprint density at radius 1 is 0.333 bits per heavy atom. The van der Waals surface area contributed by atoms with Gasteiger partial charge in [0.15, 0.2) is 0 Å². The summed E-state index contributed by atoms with van der Waals surface area (Å²) in [6.45, 7) is 0. The molecule has 0 saturated heterocycles. The van der Waals surface area contributed by atoms with Gasteiger partial charge in [0.25, 0.3) is 0 Å². The third-order valence-electron chi connectivity index (χ3n) is 0. The average molecular weight is 134 g/mol. The Hall–Kier alpha value is 0.506. The van der Waals surface area contributed by atoms with Gasteiger partial charge in [0.1, 0.15) is 0 Å². The third kappa shape index (κ3) is 216. The van der Waals surface area contributed by atoms with Crippen LogP contribution in [0.5, 0.6) is 0 Å². The maximum Gasteiger partial charge on any atom is 0 e. The van der Waals surface area contributed by atoms with Crippen LogP contribution in [0.25, 0.3) is 0 Å². The van der Waals surface area contributed by atoms with Gasteiger partial charge in [-0.1, -0.05) is 0 Å². The van der Waals surface area contributed by atoms with Crippen LogP contribution in [-0.4, -0.2) is 0 Å². The molecule has 0 nitrogen and oxygen atoms in total. The Labute approximate surface area is 54.5 Å². The minimum atomic E-state index is 0. The van der Waals surface area contributed by atoms with E-state index < -0.39 is 0 Å². The van der Waals surface area contributed by atoms with E-state index in [9.17, 15) is 0 Å². The van der Waals surface area contributed by atoms with E-state index in [4.69, 9.17) is 0 Å². The molecule has 0 atom stereocenters. The Kier molecular flexibility index (Phi) is 55900. The normalized spacial score (nSPS) is 0. The van der Waals surface area contributed by atoms with Crippen molar-refractivity contribution in [2.24, 2.45) is 0 Å². The van der Waals surface area contributed by atoms with Crippen LogP contribution in [0.1, 0.15) is 0 Å². The second-order valence-electron chi connectivity index (χ2n) is 0. The molecular formula is C5H15Co-5. The second kappa shape index (κ2) is 436. The maximum absolute atomic E-state index is 0. The summed E-state index contributed by atoms with van der Waals surface area (Å²) >= 11 is 0. The monoisotopic (exact) mass is 134 g/mol. The molecule has 0 bridgehead atoms. The molecule has 0 saturated carbocycles. The van der Waals surface area contributed by atoms with Crippen molar-refractivity contribution < 1.29 is 16.8 Å². The average Bonchev–Trinajstić information content (AvgIpc) is 0. The molecule has 0 N–H and O–H groups in total. The topological polar surface area (TPSA) is 0 Å². The summed E-state index contributed by atoms with van der Waals surface area (Å²) in [5, 5.41) is 0. The Morgan fingerprint density at radius 2 is 0.333 bits per heavy atom. The van der Waals surface area contributed by atoms with Crippen LogP contribution >= 0.6 is 0 Å². The fraction of sp³-hybridized carbons (Fsp3) is 0. The molecule has 0 spiro atoms. The summed E-state index contributed by atoms with van der Waals surface area (Å²) in [5.74, 6) is 0. The molecule has 0 amide bonds. The quantitative estimate of drug-likeness (QED) is 0.446. The molecule has 0 heterocycles. The Balaban J connectivity index is 0. The number of hydrogen-bond acceptors (Lipinski definition) is 0. The summed E-state index contributed by atoms with van der Waals surface area (Å²) in [6.07, 6.45) is 0. The molecule has 0 aromatic heterocycles. The number of hydrogen-bond donors (Lipinski definition) is 0. The van der Waals surface area contributed by atoms with Gasteiger partial charge in [-0.05, 0) is 0 Å². The molecule has 6 heavy (non-hydrogen) atoms. The van der Waals surface area contributed by atoms with Gasteiger partial charge in [0, 0.05) is 16.8 Å². The van der Waals surface area contributed by atoms with E-state index in [1.165, 1.54) is 0 Å². The molecule has 0 aliphatic rings. The summed E-state index contributed by atoms with van der Waals surface area (Å²) in [7, 11) is 0. The van der Waals surface area contributed by atoms with E-state index in [0.29, 0.717) is 0 Å². The van der Waals surface area contributed by atoms with Crippen LogP contribution < -0.4 is 0 Å². The second-order valence-corrected chi connectivity index (χ2v) is 0. The van der Waals surface area contributed by atoms with Gasteiger partial charge in [-0.2, -0.15) is 0 Å². The molecular weight excluding hydrogens is 119 g/mol. The van der Waals surface area contributed by atoms with Gasteiger partial charge < -0.3 is 37.1 Å². The van der Waals surface area contributed by atoms with Crippen molar-refractivity contribution in [1.82, 2.24) is 0 Å². The fourth-order valence-corrected chi connectivity index (χ4v) is 0.